The van der Waals surface area contributed by atoms with Crippen LogP contribution in [0.25, 0.3) is 0 Å². The van der Waals surface area contributed by atoms with Crippen molar-refractivity contribution in [3.8, 4) is 0 Å². The highest BCUT2D eigenvalue weighted by molar-refractivity contribution is 5.93. The van der Waals surface area contributed by atoms with Crippen molar-refractivity contribution >= 4 is 23.2 Å². The van der Waals surface area contributed by atoms with Crippen LogP contribution in [0.4, 0.5) is 11.4 Å². The van der Waals surface area contributed by atoms with Crippen LogP contribution in [-0.4, -0.2) is 18.9 Å². The summed E-state index contributed by atoms with van der Waals surface area (Å²) in [6, 6.07) is 13.4. The Labute approximate surface area is 137 Å². The molecule has 0 radical (unpaired) electrons. The van der Waals surface area contributed by atoms with Crippen molar-refractivity contribution in [2.24, 2.45) is 0 Å². The predicted molar refractivity (Wildman–Crippen MR) is 93.8 cm³/mol. The molecule has 1 N–H and O–H groups in total. The van der Waals surface area contributed by atoms with Crippen LogP contribution in [-0.2, 0) is 16.0 Å². The van der Waals surface area contributed by atoms with E-state index in [2.05, 4.69) is 5.32 Å². The molecule has 0 aromatic heterocycles. The van der Waals surface area contributed by atoms with Gasteiger partial charge >= 0.3 is 0 Å². The number of carbonyl (C=O) groups is 2. The van der Waals surface area contributed by atoms with Crippen molar-refractivity contribution in [1.29, 1.82) is 0 Å². The van der Waals surface area contributed by atoms with Gasteiger partial charge in [-0.1, -0.05) is 29.8 Å². The van der Waals surface area contributed by atoms with Gasteiger partial charge in [0.05, 0.1) is 6.42 Å². The molecule has 0 heterocycles. The monoisotopic (exact) mass is 310 g/mol. The van der Waals surface area contributed by atoms with Crippen molar-refractivity contribution in [3.63, 3.8) is 0 Å². The second kappa shape index (κ2) is 7.09. The van der Waals surface area contributed by atoms with E-state index < -0.39 is 0 Å². The summed E-state index contributed by atoms with van der Waals surface area (Å²) in [6.07, 6.45) is 0.303. The predicted octanol–water partition coefficient (Wildman–Crippen LogP) is 3.47. The van der Waals surface area contributed by atoms with Crippen LogP contribution in [0.1, 0.15) is 23.6 Å². The fraction of sp³-hybridized carbons (Fsp3) is 0.263. The largest absolute Gasteiger partial charge is 0.326 e. The molecule has 0 saturated heterocycles. The maximum absolute atomic E-state index is 12.2. The van der Waals surface area contributed by atoms with Crippen molar-refractivity contribution < 1.29 is 9.59 Å². The van der Waals surface area contributed by atoms with Gasteiger partial charge in [0.15, 0.2) is 0 Å². The molecule has 0 aliphatic heterocycles. The number of hydrogen-bond acceptors (Lipinski definition) is 2. The molecule has 0 unspecified atom stereocenters. The van der Waals surface area contributed by atoms with Gasteiger partial charge in [-0.05, 0) is 43.2 Å². The van der Waals surface area contributed by atoms with Crippen LogP contribution < -0.4 is 10.2 Å². The first-order valence-corrected chi connectivity index (χ1v) is 7.57. The normalized spacial score (nSPS) is 10.3. The summed E-state index contributed by atoms with van der Waals surface area (Å²) in [7, 11) is 1.73. The zero-order valence-electron chi connectivity index (χ0n) is 14.0. The van der Waals surface area contributed by atoms with Crippen LogP contribution >= 0.6 is 0 Å². The van der Waals surface area contributed by atoms with E-state index in [0.717, 1.165) is 22.5 Å². The maximum atomic E-state index is 12.2. The summed E-state index contributed by atoms with van der Waals surface area (Å²) in [6.45, 7) is 5.53. The molecule has 2 aromatic rings. The minimum Gasteiger partial charge on any atom is -0.326 e. The molecule has 0 bridgehead atoms. The number of nitrogens with one attached hydrogen (secondary N) is 1. The summed E-state index contributed by atoms with van der Waals surface area (Å²) in [5, 5.41) is 2.94. The molecule has 4 heteroatoms. The molecule has 0 aliphatic rings. The van der Waals surface area contributed by atoms with E-state index in [4.69, 9.17) is 0 Å². The Morgan fingerprint density at radius 3 is 2.26 bits per heavy atom. The number of aryl methyl sites for hydroxylation is 2. The summed E-state index contributed by atoms with van der Waals surface area (Å²) in [4.78, 5) is 25.1. The van der Waals surface area contributed by atoms with Crippen molar-refractivity contribution in [2.45, 2.75) is 27.2 Å². The van der Waals surface area contributed by atoms with Gasteiger partial charge in [-0.15, -0.1) is 0 Å². The van der Waals surface area contributed by atoms with Crippen LogP contribution in [0.2, 0.25) is 0 Å². The lowest BCUT2D eigenvalue weighted by atomic mass is 10.1. The van der Waals surface area contributed by atoms with E-state index in [1.54, 1.807) is 11.9 Å². The number of anilines is 2. The highest BCUT2D eigenvalue weighted by Crippen LogP contribution is 2.17. The molecule has 0 saturated carbocycles. The van der Waals surface area contributed by atoms with Gasteiger partial charge in [0, 0.05) is 25.3 Å². The van der Waals surface area contributed by atoms with Crippen molar-refractivity contribution in [1.82, 2.24) is 0 Å². The Balaban J connectivity index is 2.01. The summed E-state index contributed by atoms with van der Waals surface area (Å²) >= 11 is 0. The van der Waals surface area contributed by atoms with Crippen molar-refractivity contribution in [2.75, 3.05) is 17.3 Å². The van der Waals surface area contributed by atoms with Gasteiger partial charge in [0.1, 0.15) is 0 Å². The number of amides is 2. The third-order valence-corrected chi connectivity index (χ3v) is 3.82. The number of nitrogens with zero attached hydrogens (tertiary/aromatic N) is 1. The second-order valence-electron chi connectivity index (χ2n) is 5.79. The van der Waals surface area contributed by atoms with Crippen LogP contribution in [0.3, 0.4) is 0 Å². The fourth-order valence-electron chi connectivity index (χ4n) is 2.35. The van der Waals surface area contributed by atoms with Crippen LogP contribution in [0.15, 0.2) is 42.5 Å². The van der Waals surface area contributed by atoms with Gasteiger partial charge in [0.2, 0.25) is 11.8 Å². The van der Waals surface area contributed by atoms with E-state index in [0.29, 0.717) is 6.42 Å². The van der Waals surface area contributed by atoms with Crippen LogP contribution in [0.5, 0.6) is 0 Å². The van der Waals surface area contributed by atoms with Gasteiger partial charge < -0.3 is 10.2 Å². The molecule has 2 rings (SSSR count). The fourth-order valence-corrected chi connectivity index (χ4v) is 2.35. The van der Waals surface area contributed by atoms with Crippen molar-refractivity contribution in [3.05, 3.63) is 59.2 Å². The quantitative estimate of drug-likeness (QED) is 0.940. The van der Waals surface area contributed by atoms with Crippen LogP contribution in [0, 0.1) is 13.8 Å². The molecule has 120 valence electrons. The van der Waals surface area contributed by atoms with Gasteiger partial charge in [0.25, 0.3) is 0 Å². The first-order valence-electron chi connectivity index (χ1n) is 7.57. The third kappa shape index (κ3) is 4.42. The van der Waals surface area contributed by atoms with Gasteiger partial charge in [-0.25, -0.2) is 0 Å². The summed E-state index contributed by atoms with van der Waals surface area (Å²) in [5.74, 6) is -0.0741. The minimum absolute atomic E-state index is 0.0228. The lowest BCUT2D eigenvalue weighted by Gasteiger charge is -2.15. The minimum atomic E-state index is -0.0513. The molecular formula is C19H22N2O2. The average molecular weight is 310 g/mol. The zero-order chi connectivity index (χ0) is 17.0. The standard InChI is InChI=1S/C19H22N2O2/c1-13-5-10-18(14(2)11-13)20-19(23)12-16-6-8-17(9-7-16)21(4)15(3)22/h5-11H,12H2,1-4H3,(H,20,23). The molecular weight excluding hydrogens is 288 g/mol. The Hall–Kier alpha value is -2.62. The Bertz CT molecular complexity index is 721. The van der Waals surface area contributed by atoms with E-state index in [1.165, 1.54) is 12.5 Å². The number of rotatable bonds is 4. The Morgan fingerprint density at radius 1 is 1.04 bits per heavy atom. The third-order valence-electron chi connectivity index (χ3n) is 3.82. The smallest absolute Gasteiger partial charge is 0.228 e. The highest BCUT2D eigenvalue weighted by Gasteiger charge is 2.08. The molecule has 23 heavy (non-hydrogen) atoms. The molecule has 2 amide bonds. The molecule has 0 fully saturated rings. The van der Waals surface area contributed by atoms with Gasteiger partial charge in [-0.2, -0.15) is 0 Å². The molecule has 4 nitrogen and oxygen atoms in total. The summed E-state index contributed by atoms with van der Waals surface area (Å²) < 4.78 is 0. The number of carbonyl (C=O) groups excluding carboxylic acids is 2. The number of hydrogen-bond donors (Lipinski definition) is 1. The molecule has 2 aromatic carbocycles. The lowest BCUT2D eigenvalue weighted by Crippen LogP contribution is -2.22. The van der Waals surface area contributed by atoms with E-state index in [-0.39, 0.29) is 11.8 Å². The summed E-state index contributed by atoms with van der Waals surface area (Å²) in [5.41, 5.74) is 4.79. The Morgan fingerprint density at radius 2 is 1.70 bits per heavy atom. The number of benzene rings is 2. The van der Waals surface area contributed by atoms with E-state index in [1.807, 2.05) is 56.3 Å². The first-order chi connectivity index (χ1) is 10.9. The average Bonchev–Trinajstić information content (AvgIpc) is 2.50. The van der Waals surface area contributed by atoms with Gasteiger partial charge in [-0.3, -0.25) is 9.59 Å². The maximum Gasteiger partial charge on any atom is 0.228 e. The first kappa shape index (κ1) is 16.7. The molecule has 0 aliphatic carbocycles. The molecule has 0 atom stereocenters. The second-order valence-corrected chi connectivity index (χ2v) is 5.79. The highest BCUT2D eigenvalue weighted by atomic mass is 16.2. The van der Waals surface area contributed by atoms with E-state index in [9.17, 15) is 9.59 Å². The topological polar surface area (TPSA) is 49.4 Å². The Kier molecular flexibility index (Phi) is 5.16. The zero-order valence-corrected chi connectivity index (χ0v) is 14.0. The van der Waals surface area contributed by atoms with E-state index >= 15 is 0 Å². The SMILES string of the molecule is CC(=O)N(C)c1ccc(CC(=O)Nc2ccc(C)cc2C)cc1. The molecule has 0 spiro atoms. The lowest BCUT2D eigenvalue weighted by molar-refractivity contribution is -0.116.